The number of fused-ring (bicyclic) bond motifs is 2. The number of amides is 1. The van der Waals surface area contributed by atoms with Gasteiger partial charge in [0.1, 0.15) is 0 Å². The average molecular weight is 612 g/mol. The molecule has 1 aromatic carbocycles. The molecule has 3 fully saturated rings. The number of rotatable bonds is 5. The minimum Gasteiger partial charge on any atom is -0.404 e. The van der Waals surface area contributed by atoms with Crippen molar-refractivity contribution < 1.29 is 9.53 Å². The summed E-state index contributed by atoms with van der Waals surface area (Å²) in [6.45, 7) is 6.99. The van der Waals surface area contributed by atoms with Crippen LogP contribution in [-0.2, 0) is 22.5 Å². The van der Waals surface area contributed by atoms with Crippen LogP contribution in [0.3, 0.4) is 0 Å². The molecule has 45 heavy (non-hydrogen) atoms. The van der Waals surface area contributed by atoms with E-state index in [0.717, 1.165) is 90.7 Å². The van der Waals surface area contributed by atoms with Gasteiger partial charge in [0, 0.05) is 92.1 Å². The first-order valence-electron chi connectivity index (χ1n) is 17.1. The van der Waals surface area contributed by atoms with Crippen LogP contribution in [0, 0.1) is 0 Å². The van der Waals surface area contributed by atoms with Gasteiger partial charge < -0.3 is 20.7 Å². The number of benzene rings is 1. The molecule has 3 aromatic rings. The predicted octanol–water partition coefficient (Wildman–Crippen LogP) is 5.82. The highest BCUT2D eigenvalue weighted by atomic mass is 16.5. The number of nitrogens with zero attached hydrogens (tertiary/aromatic N) is 5. The lowest BCUT2D eigenvalue weighted by molar-refractivity contribution is -0.129. The van der Waals surface area contributed by atoms with E-state index >= 15 is 0 Å². The Hall–Kier alpha value is -3.56. The Kier molecular flexibility index (Phi) is 10.6. The van der Waals surface area contributed by atoms with Crippen LogP contribution >= 0.6 is 0 Å². The lowest BCUT2D eigenvalue weighted by atomic mass is 9.96. The first-order valence-corrected chi connectivity index (χ1v) is 17.1. The average Bonchev–Trinajstić information content (AvgIpc) is 3.49. The minimum absolute atomic E-state index is 0.102. The van der Waals surface area contributed by atoms with Gasteiger partial charge in [-0.3, -0.25) is 19.5 Å². The second-order valence-corrected chi connectivity index (χ2v) is 12.9. The SMILES string of the molecule is C1CCNCC1.CC(=O)N1CCc2c(c(-c3cccc4cc(/C(C=NC5CCCCC5)=C/N)ncc34)nn2C2CCOCC2)C1. The van der Waals surface area contributed by atoms with Gasteiger partial charge in [-0.2, -0.15) is 5.10 Å². The molecule has 1 saturated carbocycles. The summed E-state index contributed by atoms with van der Waals surface area (Å²) in [5, 5.41) is 10.6. The molecule has 0 radical (unpaired) electrons. The molecule has 0 bridgehead atoms. The zero-order chi connectivity index (χ0) is 31.0. The molecule has 5 heterocycles. The third-order valence-corrected chi connectivity index (χ3v) is 9.77. The number of pyridine rings is 1. The lowest BCUT2D eigenvalue weighted by Crippen LogP contribution is -2.35. The molecule has 3 aliphatic heterocycles. The van der Waals surface area contributed by atoms with Gasteiger partial charge in [-0.15, -0.1) is 0 Å². The summed E-state index contributed by atoms with van der Waals surface area (Å²) in [6, 6.07) is 9.11. The minimum atomic E-state index is 0.102. The van der Waals surface area contributed by atoms with Gasteiger partial charge in [-0.25, -0.2) is 0 Å². The number of carbonyl (C=O) groups excluding carboxylic acids is 1. The van der Waals surface area contributed by atoms with Gasteiger partial charge in [0.15, 0.2) is 0 Å². The Morgan fingerprint density at radius 1 is 1.07 bits per heavy atom. The molecule has 2 aromatic heterocycles. The number of nitrogens with two attached hydrogens (primary N) is 1. The van der Waals surface area contributed by atoms with Crippen molar-refractivity contribution in [2.75, 3.05) is 32.8 Å². The summed E-state index contributed by atoms with van der Waals surface area (Å²) in [6.07, 6.45) is 18.5. The van der Waals surface area contributed by atoms with Gasteiger partial charge in [-0.1, -0.05) is 43.9 Å². The Balaban J connectivity index is 0.000000535. The van der Waals surface area contributed by atoms with Crippen LogP contribution in [0.5, 0.6) is 0 Å². The number of carbonyl (C=O) groups is 1. The zero-order valence-electron chi connectivity index (χ0n) is 26.8. The van der Waals surface area contributed by atoms with E-state index in [0.29, 0.717) is 18.6 Å². The van der Waals surface area contributed by atoms with Gasteiger partial charge in [0.2, 0.25) is 5.91 Å². The van der Waals surface area contributed by atoms with E-state index in [1.54, 1.807) is 13.1 Å². The summed E-state index contributed by atoms with van der Waals surface area (Å²) in [5.74, 6) is 0.102. The largest absolute Gasteiger partial charge is 0.404 e. The second-order valence-electron chi connectivity index (χ2n) is 12.9. The van der Waals surface area contributed by atoms with Crippen molar-refractivity contribution in [3.05, 3.63) is 53.6 Å². The number of nitrogens with one attached hydrogen (secondary N) is 1. The van der Waals surface area contributed by atoms with E-state index in [-0.39, 0.29) is 5.91 Å². The highest BCUT2D eigenvalue weighted by molar-refractivity contribution is 6.10. The third kappa shape index (κ3) is 7.47. The van der Waals surface area contributed by atoms with Crippen LogP contribution in [0.1, 0.15) is 94.1 Å². The molecule has 9 heteroatoms. The molecule has 0 spiro atoms. The van der Waals surface area contributed by atoms with Crippen LogP contribution in [0.4, 0.5) is 0 Å². The summed E-state index contributed by atoms with van der Waals surface area (Å²) < 4.78 is 7.87. The maximum atomic E-state index is 12.3. The first-order chi connectivity index (χ1) is 22.1. The van der Waals surface area contributed by atoms with E-state index in [1.165, 1.54) is 57.3 Å². The van der Waals surface area contributed by atoms with Gasteiger partial charge in [0.25, 0.3) is 0 Å². The van der Waals surface area contributed by atoms with E-state index in [1.807, 2.05) is 17.3 Å². The predicted molar refractivity (Wildman–Crippen MR) is 181 cm³/mol. The van der Waals surface area contributed by atoms with Crippen LogP contribution in [0.25, 0.3) is 27.6 Å². The van der Waals surface area contributed by atoms with Crippen molar-refractivity contribution in [3.8, 4) is 11.3 Å². The van der Waals surface area contributed by atoms with Crippen molar-refractivity contribution in [2.45, 2.75) is 96.2 Å². The smallest absolute Gasteiger partial charge is 0.219 e. The fourth-order valence-electron chi connectivity index (χ4n) is 7.11. The van der Waals surface area contributed by atoms with Crippen LogP contribution in [0.2, 0.25) is 0 Å². The highest BCUT2D eigenvalue weighted by Crippen LogP contribution is 2.37. The molecule has 3 N–H and O–H groups in total. The van der Waals surface area contributed by atoms with Crippen LogP contribution < -0.4 is 11.1 Å². The number of allylic oxidation sites excluding steroid dienone is 1. The molecule has 1 amide bonds. The number of piperidine rings is 1. The second kappa shape index (κ2) is 15.1. The van der Waals surface area contributed by atoms with Crippen molar-refractivity contribution in [1.29, 1.82) is 0 Å². The lowest BCUT2D eigenvalue weighted by Gasteiger charge is -2.29. The molecule has 0 unspecified atom stereocenters. The van der Waals surface area contributed by atoms with Crippen molar-refractivity contribution in [3.63, 3.8) is 0 Å². The Morgan fingerprint density at radius 3 is 2.53 bits per heavy atom. The van der Waals surface area contributed by atoms with E-state index in [2.05, 4.69) is 34.3 Å². The molecular formula is C36H49N7O2. The third-order valence-electron chi connectivity index (χ3n) is 9.77. The van der Waals surface area contributed by atoms with Crippen LogP contribution in [0.15, 0.2) is 41.7 Å². The standard InChI is InChI=1S/C31H38N6O2.C5H11N/c1-21(38)36-13-10-30-28(20-36)31(35-37(30)25-11-14-39-15-12-25)26-9-5-6-22-16-29(34-19-27(22)26)23(17-32)18-33-24-7-3-2-4-8-24;1-2-4-6-5-3-1/h5-6,9,16-19,24-25H,2-4,7-8,10-15,20,32H2,1H3;6H,1-5H2/b23-17+,33-18?;. The maximum absolute atomic E-state index is 12.3. The number of hydrogen-bond acceptors (Lipinski definition) is 7. The monoisotopic (exact) mass is 611 g/mol. The van der Waals surface area contributed by atoms with E-state index < -0.39 is 0 Å². The molecule has 0 atom stereocenters. The van der Waals surface area contributed by atoms with Gasteiger partial charge in [-0.05, 0) is 63.1 Å². The summed E-state index contributed by atoms with van der Waals surface area (Å²) in [5.41, 5.74) is 12.1. The number of hydrogen-bond donors (Lipinski definition) is 2. The first kappa shape index (κ1) is 31.4. The van der Waals surface area contributed by atoms with Crippen molar-refractivity contribution in [1.82, 2.24) is 25.0 Å². The molecule has 9 nitrogen and oxygen atoms in total. The topological polar surface area (TPSA) is 111 Å². The fraction of sp³-hybridized carbons (Fsp3) is 0.556. The van der Waals surface area contributed by atoms with Gasteiger partial charge in [0.05, 0.1) is 17.4 Å². The van der Waals surface area contributed by atoms with Gasteiger partial charge >= 0.3 is 0 Å². The normalized spacial score (nSPS) is 20.2. The maximum Gasteiger partial charge on any atom is 0.219 e. The quantitative estimate of drug-likeness (QED) is 0.352. The van der Waals surface area contributed by atoms with Crippen molar-refractivity contribution >= 4 is 28.5 Å². The highest BCUT2D eigenvalue weighted by Gasteiger charge is 2.30. The molecule has 2 saturated heterocycles. The summed E-state index contributed by atoms with van der Waals surface area (Å²) in [7, 11) is 0. The molecule has 240 valence electrons. The molecule has 4 aliphatic rings. The van der Waals surface area contributed by atoms with E-state index in [9.17, 15) is 4.79 Å². The summed E-state index contributed by atoms with van der Waals surface area (Å²) >= 11 is 0. The van der Waals surface area contributed by atoms with Crippen LogP contribution in [-0.4, -0.2) is 70.7 Å². The summed E-state index contributed by atoms with van der Waals surface area (Å²) in [4.78, 5) is 23.9. The van der Waals surface area contributed by atoms with Crippen molar-refractivity contribution in [2.24, 2.45) is 10.7 Å². The fourth-order valence-corrected chi connectivity index (χ4v) is 7.11. The number of aromatic nitrogens is 3. The Bertz CT molecular complexity index is 1500. The molecular weight excluding hydrogens is 562 g/mol. The number of aliphatic imine (C=N–C) groups is 1. The molecule has 1 aliphatic carbocycles. The zero-order valence-corrected chi connectivity index (χ0v) is 26.8. The Labute approximate surface area is 267 Å². The Morgan fingerprint density at radius 2 is 1.84 bits per heavy atom. The van der Waals surface area contributed by atoms with E-state index in [4.69, 9.17) is 25.5 Å². The molecule has 7 rings (SSSR count). The number of ether oxygens (including phenoxy) is 1.